The first-order chi connectivity index (χ1) is 26.2. The molecule has 16 heteroatoms. The quantitative estimate of drug-likeness (QED) is 0.239. The number of nitrogens with zero attached hydrogens (tertiary/aromatic N) is 7. The molecule has 3 amide bonds. The number of nitrogens with one attached hydrogen (secondary N) is 2. The number of anilines is 3. The summed E-state index contributed by atoms with van der Waals surface area (Å²) in [5, 5.41) is 24.2. The third-order valence-corrected chi connectivity index (χ3v) is 11.0. The number of halogens is 2. The van der Waals surface area contributed by atoms with Gasteiger partial charge in [-0.2, -0.15) is 0 Å². The van der Waals surface area contributed by atoms with Crippen LogP contribution in [0.15, 0.2) is 54.7 Å². The molecule has 4 aromatic rings. The first-order valence-corrected chi connectivity index (χ1v) is 18.1. The molecule has 1 unspecified atom stereocenters. The molecule has 2 aromatic carbocycles. The van der Waals surface area contributed by atoms with Crippen LogP contribution in [0.4, 0.5) is 26.0 Å². The van der Waals surface area contributed by atoms with Crippen molar-refractivity contribution >= 4 is 34.9 Å². The van der Waals surface area contributed by atoms with E-state index in [-0.39, 0.29) is 41.6 Å². The van der Waals surface area contributed by atoms with E-state index in [2.05, 4.69) is 35.5 Å². The van der Waals surface area contributed by atoms with Crippen molar-refractivity contribution in [1.82, 2.24) is 30.3 Å². The minimum Gasteiger partial charge on any atom is -0.504 e. The van der Waals surface area contributed by atoms with Gasteiger partial charge >= 0.3 is 0 Å². The van der Waals surface area contributed by atoms with Crippen molar-refractivity contribution in [1.29, 1.82) is 0 Å². The van der Waals surface area contributed by atoms with Crippen molar-refractivity contribution in [2.45, 2.75) is 50.5 Å². The molecule has 278 valence electrons. The number of piperazine rings is 1. The topological polar surface area (TPSA) is 156 Å². The normalized spacial score (nSPS) is 22.4. The maximum Gasteiger partial charge on any atom is 0.255 e. The van der Waals surface area contributed by atoms with E-state index in [9.17, 15) is 28.3 Å². The van der Waals surface area contributed by atoms with Gasteiger partial charge in [-0.1, -0.05) is 6.07 Å². The van der Waals surface area contributed by atoms with E-state index in [0.717, 1.165) is 61.3 Å². The second kappa shape index (κ2) is 13.5. The highest BCUT2D eigenvalue weighted by Gasteiger charge is 2.40. The molecule has 14 nitrogen and oxygen atoms in total. The molecule has 0 aliphatic carbocycles. The minimum absolute atomic E-state index is 0.0664. The number of piperidine rings is 1. The third-order valence-electron chi connectivity index (χ3n) is 11.0. The van der Waals surface area contributed by atoms with Crippen LogP contribution in [-0.4, -0.2) is 105 Å². The van der Waals surface area contributed by atoms with Crippen molar-refractivity contribution in [3.05, 3.63) is 83.2 Å². The van der Waals surface area contributed by atoms with Crippen LogP contribution in [0.2, 0.25) is 0 Å². The van der Waals surface area contributed by atoms with E-state index >= 15 is 0 Å². The van der Waals surface area contributed by atoms with Gasteiger partial charge in [-0.05, 0) is 48.4 Å². The first kappa shape index (κ1) is 33.9. The number of aromatic nitrogens is 3. The number of phenolic OH excluding ortho intramolecular Hbond substituents is 1. The second-order valence-electron chi connectivity index (χ2n) is 14.4. The fourth-order valence-electron chi connectivity index (χ4n) is 8.18. The summed E-state index contributed by atoms with van der Waals surface area (Å²) in [7, 11) is 0. The van der Waals surface area contributed by atoms with E-state index in [4.69, 9.17) is 9.72 Å². The standard InChI is InChI=1S/C38H37F2N9O5/c39-22-11-29(35(51)30(40)12-22)31-15-33-36(45-44-31)42-16-25-13-27(20-48(25)33)54-26-4-2-23(41-17-26)19-46-7-9-47(10-8-46)24-3-1-21-18-49(38(53)28(21)14-24)32-5-6-34(50)43-37(32)52/h1-4,11-12,14-15,17,25,27,32,51H,5-10,13,16,18-20H2,(H,42,45)(H,43,50,52)/t25-,27-,32?/m1/s1. The lowest BCUT2D eigenvalue weighted by Crippen LogP contribution is -2.52. The molecule has 5 aliphatic heterocycles. The number of phenols is 1. The van der Waals surface area contributed by atoms with Crippen molar-refractivity contribution in [3.63, 3.8) is 0 Å². The van der Waals surface area contributed by atoms with E-state index in [1.54, 1.807) is 17.2 Å². The number of benzene rings is 2. The zero-order chi connectivity index (χ0) is 37.1. The Morgan fingerprint density at radius 1 is 0.944 bits per heavy atom. The minimum atomic E-state index is -1.06. The highest BCUT2D eigenvalue weighted by molar-refractivity contribution is 6.05. The van der Waals surface area contributed by atoms with Gasteiger partial charge in [0.15, 0.2) is 17.4 Å². The molecule has 3 fully saturated rings. The highest BCUT2D eigenvalue weighted by atomic mass is 19.1. The lowest BCUT2D eigenvalue weighted by atomic mass is 10.0. The Balaban J connectivity index is 0.784. The number of rotatable bonds is 7. The predicted molar refractivity (Wildman–Crippen MR) is 192 cm³/mol. The molecule has 7 heterocycles. The molecule has 3 atom stereocenters. The van der Waals surface area contributed by atoms with E-state index < -0.39 is 29.3 Å². The van der Waals surface area contributed by atoms with Crippen molar-refractivity contribution in [2.24, 2.45) is 0 Å². The van der Waals surface area contributed by atoms with Gasteiger partial charge < -0.3 is 29.9 Å². The van der Waals surface area contributed by atoms with Crippen LogP contribution >= 0.6 is 0 Å². The highest BCUT2D eigenvalue weighted by Crippen LogP contribution is 2.40. The Morgan fingerprint density at radius 3 is 2.59 bits per heavy atom. The van der Waals surface area contributed by atoms with Gasteiger partial charge in [-0.15, -0.1) is 10.2 Å². The fourth-order valence-corrected chi connectivity index (χ4v) is 8.18. The molecule has 0 saturated carbocycles. The molecule has 0 radical (unpaired) electrons. The van der Waals surface area contributed by atoms with E-state index in [0.29, 0.717) is 55.8 Å². The Morgan fingerprint density at radius 2 is 1.80 bits per heavy atom. The van der Waals surface area contributed by atoms with Crippen LogP contribution in [0.3, 0.4) is 0 Å². The number of pyridine rings is 1. The number of hydrogen-bond acceptors (Lipinski definition) is 12. The van der Waals surface area contributed by atoms with E-state index in [1.165, 1.54) is 0 Å². The average molecular weight is 738 g/mol. The Hall–Kier alpha value is -5.90. The molecule has 0 spiro atoms. The largest absolute Gasteiger partial charge is 0.504 e. The fraction of sp³-hybridized carbons (Fsp3) is 0.368. The second-order valence-corrected chi connectivity index (χ2v) is 14.4. The van der Waals surface area contributed by atoms with Crippen molar-refractivity contribution in [2.75, 3.05) is 54.4 Å². The van der Waals surface area contributed by atoms with Crippen LogP contribution in [0.5, 0.6) is 11.5 Å². The van der Waals surface area contributed by atoms with Gasteiger partial charge in [0.2, 0.25) is 11.8 Å². The maximum absolute atomic E-state index is 14.1. The van der Waals surface area contributed by atoms with Gasteiger partial charge in [-0.25, -0.2) is 8.78 Å². The lowest BCUT2D eigenvalue weighted by molar-refractivity contribution is -0.136. The van der Waals surface area contributed by atoms with Gasteiger partial charge in [0.1, 0.15) is 23.7 Å². The summed E-state index contributed by atoms with van der Waals surface area (Å²) in [6.07, 6.45) is 2.93. The van der Waals surface area contributed by atoms with Crippen LogP contribution in [-0.2, 0) is 22.7 Å². The van der Waals surface area contributed by atoms with Crippen LogP contribution in [0.25, 0.3) is 11.3 Å². The molecule has 2 aromatic heterocycles. The molecule has 3 saturated heterocycles. The molecule has 54 heavy (non-hydrogen) atoms. The molecule has 9 rings (SSSR count). The Bertz CT molecular complexity index is 2160. The summed E-state index contributed by atoms with van der Waals surface area (Å²) in [4.78, 5) is 50.3. The number of hydrogen-bond donors (Lipinski definition) is 3. The summed E-state index contributed by atoms with van der Waals surface area (Å²) in [6.45, 7) is 5.47. The van der Waals surface area contributed by atoms with Gasteiger partial charge in [0.25, 0.3) is 5.91 Å². The van der Waals surface area contributed by atoms with Crippen molar-refractivity contribution in [3.8, 4) is 22.8 Å². The monoisotopic (exact) mass is 737 g/mol. The summed E-state index contributed by atoms with van der Waals surface area (Å²) in [5.74, 6) is -2.22. The van der Waals surface area contributed by atoms with E-state index in [1.807, 2.05) is 30.3 Å². The SMILES string of the molecule is O=C1CCC(N2Cc3ccc(N4CCN(Cc5ccc(O[C@@H]6C[C@@H]7CNc8nnc(-c9cc(F)cc(F)c9O)cc8N7C6)cn5)CC4)cc3C2=O)C(=O)N1. The predicted octanol–water partition coefficient (Wildman–Crippen LogP) is 3.06. The number of fused-ring (bicyclic) bond motifs is 4. The van der Waals surface area contributed by atoms with Gasteiger partial charge in [0, 0.05) is 81.5 Å². The molecule has 3 N–H and O–H groups in total. The zero-order valence-electron chi connectivity index (χ0n) is 29.2. The number of ether oxygens (including phenoxy) is 1. The number of carbonyl (C=O) groups is 3. The van der Waals surface area contributed by atoms with Crippen LogP contribution in [0.1, 0.15) is 40.9 Å². The Kier molecular flexibility index (Phi) is 8.48. The molecular weight excluding hydrogens is 700 g/mol. The first-order valence-electron chi connectivity index (χ1n) is 18.1. The Labute approximate surface area is 308 Å². The van der Waals surface area contributed by atoms with Crippen molar-refractivity contribution < 1.29 is 33.0 Å². The zero-order valence-corrected chi connectivity index (χ0v) is 29.2. The lowest BCUT2D eigenvalue weighted by Gasteiger charge is -2.36. The summed E-state index contributed by atoms with van der Waals surface area (Å²) in [6, 6.07) is 12.7. The third kappa shape index (κ3) is 6.29. The number of aromatic hydroxyl groups is 1. The van der Waals surface area contributed by atoms with Crippen LogP contribution < -0.4 is 25.2 Å². The summed E-state index contributed by atoms with van der Waals surface area (Å²) in [5.41, 5.74) is 4.23. The average Bonchev–Trinajstić information content (AvgIpc) is 3.74. The summed E-state index contributed by atoms with van der Waals surface area (Å²) < 4.78 is 34.4. The number of carbonyl (C=O) groups excluding carboxylic acids is 3. The smallest absolute Gasteiger partial charge is 0.255 e. The van der Waals surface area contributed by atoms with Gasteiger partial charge in [-0.3, -0.25) is 29.6 Å². The molecule has 0 bridgehead atoms. The molecule has 5 aliphatic rings. The maximum atomic E-state index is 14.1. The van der Waals surface area contributed by atoms with Crippen LogP contribution in [0, 0.1) is 11.6 Å². The number of amides is 3. The molecular formula is C38H37F2N9O5. The summed E-state index contributed by atoms with van der Waals surface area (Å²) >= 11 is 0. The van der Waals surface area contributed by atoms with Gasteiger partial charge in [0.05, 0.1) is 35.9 Å². The number of imide groups is 1.